The lowest BCUT2D eigenvalue weighted by Crippen LogP contribution is -2.49. The van der Waals surface area contributed by atoms with Gasteiger partial charge in [0.25, 0.3) is 5.91 Å². The number of carbonyl (C=O) groups excluding carboxylic acids is 1. The van der Waals surface area contributed by atoms with E-state index in [1.54, 1.807) is 23.0 Å². The van der Waals surface area contributed by atoms with Gasteiger partial charge in [0.1, 0.15) is 5.82 Å². The number of aromatic nitrogens is 2. The fourth-order valence-corrected chi connectivity index (χ4v) is 3.86. The largest absolute Gasteiger partial charge is 0.368 e. The molecule has 0 N–H and O–H groups in total. The Bertz CT molecular complexity index is 1000. The van der Waals surface area contributed by atoms with Crippen LogP contribution >= 0.6 is 0 Å². The van der Waals surface area contributed by atoms with E-state index in [1.165, 1.54) is 23.4 Å². The highest BCUT2D eigenvalue weighted by molar-refractivity contribution is 5.95. The first kappa shape index (κ1) is 19.2. The molecule has 0 spiro atoms. The van der Waals surface area contributed by atoms with Crippen LogP contribution in [0.3, 0.4) is 0 Å². The molecule has 2 aromatic carbocycles. The van der Waals surface area contributed by atoms with Crippen LogP contribution in [0.25, 0.3) is 5.69 Å². The van der Waals surface area contributed by atoms with Crippen LogP contribution in [-0.2, 0) is 6.42 Å². The lowest BCUT2D eigenvalue weighted by molar-refractivity contribution is 0.0745. The maximum absolute atomic E-state index is 13.2. The third kappa shape index (κ3) is 3.88. The van der Waals surface area contributed by atoms with E-state index in [4.69, 9.17) is 0 Å². The lowest BCUT2D eigenvalue weighted by Gasteiger charge is -2.36. The number of aryl methyl sites for hydroxylation is 1. The van der Waals surface area contributed by atoms with Gasteiger partial charge in [0, 0.05) is 31.9 Å². The van der Waals surface area contributed by atoms with E-state index in [2.05, 4.69) is 41.2 Å². The minimum Gasteiger partial charge on any atom is -0.368 e. The van der Waals surface area contributed by atoms with Gasteiger partial charge >= 0.3 is 0 Å². The molecule has 0 unspecified atom stereocenters. The van der Waals surface area contributed by atoms with Crippen molar-refractivity contribution in [2.24, 2.45) is 0 Å². The minimum atomic E-state index is -0.290. The number of hydrogen-bond donors (Lipinski definition) is 0. The maximum Gasteiger partial charge on any atom is 0.257 e. The summed E-state index contributed by atoms with van der Waals surface area (Å²) in [5, 5.41) is 4.41. The third-order valence-electron chi connectivity index (χ3n) is 5.44. The van der Waals surface area contributed by atoms with E-state index in [-0.39, 0.29) is 11.7 Å². The Labute approximate surface area is 170 Å². The van der Waals surface area contributed by atoms with Crippen molar-refractivity contribution in [1.82, 2.24) is 14.7 Å². The first-order valence-electron chi connectivity index (χ1n) is 10.0. The number of piperazine rings is 1. The topological polar surface area (TPSA) is 41.4 Å². The molecule has 3 aromatic rings. The summed E-state index contributed by atoms with van der Waals surface area (Å²) in [6, 6.07) is 14.6. The summed E-state index contributed by atoms with van der Waals surface area (Å²) in [7, 11) is 0. The van der Waals surface area contributed by atoms with E-state index in [0.717, 1.165) is 24.5 Å². The van der Waals surface area contributed by atoms with Crippen molar-refractivity contribution in [2.45, 2.75) is 20.3 Å². The van der Waals surface area contributed by atoms with Crippen LogP contribution in [0.15, 0.2) is 54.7 Å². The zero-order valence-electron chi connectivity index (χ0n) is 16.8. The van der Waals surface area contributed by atoms with Crippen molar-refractivity contribution in [3.8, 4) is 5.69 Å². The Hall–Kier alpha value is -3.15. The fourth-order valence-electron chi connectivity index (χ4n) is 3.86. The van der Waals surface area contributed by atoms with Crippen molar-refractivity contribution in [1.29, 1.82) is 0 Å². The van der Waals surface area contributed by atoms with E-state index < -0.39 is 0 Å². The quantitative estimate of drug-likeness (QED) is 0.677. The number of benzene rings is 2. The summed E-state index contributed by atoms with van der Waals surface area (Å²) < 4.78 is 15.0. The second-order valence-electron chi connectivity index (χ2n) is 7.36. The molecule has 150 valence electrons. The molecule has 2 heterocycles. The Morgan fingerprint density at radius 1 is 1.03 bits per heavy atom. The second-order valence-corrected chi connectivity index (χ2v) is 7.36. The molecule has 0 bridgehead atoms. The second kappa shape index (κ2) is 8.07. The van der Waals surface area contributed by atoms with Gasteiger partial charge in [0.2, 0.25) is 0 Å². The summed E-state index contributed by atoms with van der Waals surface area (Å²) in [6.07, 6.45) is 2.30. The summed E-state index contributed by atoms with van der Waals surface area (Å²) >= 11 is 0. The summed E-state index contributed by atoms with van der Waals surface area (Å²) in [5.41, 5.74) is 4.67. The summed E-state index contributed by atoms with van der Waals surface area (Å²) in [6.45, 7) is 7.07. The standard InChI is InChI=1S/C23H25FN4O/c1-3-22-21(16-25-28(22)19-9-7-18(24)8-10-19)23(29)27-13-11-26(12-14-27)20-6-4-5-17(2)15-20/h4-10,15-16H,3,11-14H2,1-2H3. The average Bonchev–Trinajstić information content (AvgIpc) is 3.18. The van der Waals surface area contributed by atoms with Crippen LogP contribution in [-0.4, -0.2) is 46.8 Å². The molecule has 29 heavy (non-hydrogen) atoms. The van der Waals surface area contributed by atoms with Crippen LogP contribution in [0, 0.1) is 12.7 Å². The third-order valence-corrected chi connectivity index (χ3v) is 5.44. The predicted octanol–water partition coefficient (Wildman–Crippen LogP) is 3.84. The van der Waals surface area contributed by atoms with Crippen molar-refractivity contribution in [2.75, 3.05) is 31.1 Å². The van der Waals surface area contributed by atoms with Gasteiger partial charge in [-0.05, 0) is 55.3 Å². The van der Waals surface area contributed by atoms with Gasteiger partial charge in [0.05, 0.1) is 23.1 Å². The molecule has 4 rings (SSSR count). The maximum atomic E-state index is 13.2. The molecule has 0 radical (unpaired) electrons. The molecular formula is C23H25FN4O. The Morgan fingerprint density at radius 3 is 2.41 bits per heavy atom. The van der Waals surface area contributed by atoms with E-state index in [0.29, 0.717) is 25.1 Å². The molecule has 0 atom stereocenters. The number of hydrogen-bond acceptors (Lipinski definition) is 3. The molecule has 1 fully saturated rings. The molecule has 6 heteroatoms. The Kier molecular flexibility index (Phi) is 5.34. The summed E-state index contributed by atoms with van der Waals surface area (Å²) in [5.74, 6) is -0.277. The van der Waals surface area contributed by atoms with Gasteiger partial charge in [0.15, 0.2) is 0 Å². The van der Waals surface area contributed by atoms with Crippen LogP contribution in [0.5, 0.6) is 0 Å². The lowest BCUT2D eigenvalue weighted by atomic mass is 10.1. The van der Waals surface area contributed by atoms with Crippen LogP contribution in [0.1, 0.15) is 28.5 Å². The molecule has 0 saturated carbocycles. The van der Waals surface area contributed by atoms with Crippen LogP contribution < -0.4 is 4.90 Å². The van der Waals surface area contributed by atoms with E-state index in [9.17, 15) is 9.18 Å². The van der Waals surface area contributed by atoms with Gasteiger partial charge in [-0.3, -0.25) is 4.79 Å². The van der Waals surface area contributed by atoms with Crippen molar-refractivity contribution >= 4 is 11.6 Å². The predicted molar refractivity (Wildman–Crippen MR) is 112 cm³/mol. The van der Waals surface area contributed by atoms with Gasteiger partial charge < -0.3 is 9.80 Å². The smallest absolute Gasteiger partial charge is 0.257 e. The number of amides is 1. The number of rotatable bonds is 4. The molecule has 1 amide bonds. The van der Waals surface area contributed by atoms with E-state index in [1.807, 2.05) is 11.8 Å². The van der Waals surface area contributed by atoms with E-state index >= 15 is 0 Å². The molecule has 5 nitrogen and oxygen atoms in total. The van der Waals surface area contributed by atoms with Crippen molar-refractivity contribution < 1.29 is 9.18 Å². The minimum absolute atomic E-state index is 0.0131. The number of nitrogens with zero attached hydrogens (tertiary/aromatic N) is 4. The van der Waals surface area contributed by atoms with Crippen molar-refractivity contribution in [3.63, 3.8) is 0 Å². The Morgan fingerprint density at radius 2 is 1.76 bits per heavy atom. The van der Waals surface area contributed by atoms with Crippen molar-refractivity contribution in [3.05, 3.63) is 77.4 Å². The number of anilines is 1. The number of carbonyl (C=O) groups is 1. The molecule has 0 aliphatic carbocycles. The average molecular weight is 392 g/mol. The molecule has 1 aliphatic rings. The van der Waals surface area contributed by atoms with Gasteiger partial charge in [-0.15, -0.1) is 0 Å². The zero-order valence-corrected chi connectivity index (χ0v) is 16.8. The Balaban J connectivity index is 1.50. The highest BCUT2D eigenvalue weighted by Crippen LogP contribution is 2.21. The highest BCUT2D eigenvalue weighted by atomic mass is 19.1. The first-order valence-corrected chi connectivity index (χ1v) is 10.0. The first-order chi connectivity index (χ1) is 14.1. The van der Waals surface area contributed by atoms with Gasteiger partial charge in [-0.2, -0.15) is 5.10 Å². The highest BCUT2D eigenvalue weighted by Gasteiger charge is 2.26. The molecule has 1 saturated heterocycles. The molecular weight excluding hydrogens is 367 g/mol. The van der Waals surface area contributed by atoms with Crippen LogP contribution in [0.2, 0.25) is 0 Å². The molecule has 1 aromatic heterocycles. The molecule has 1 aliphatic heterocycles. The monoisotopic (exact) mass is 392 g/mol. The van der Waals surface area contributed by atoms with Gasteiger partial charge in [-0.1, -0.05) is 19.1 Å². The number of halogens is 1. The fraction of sp³-hybridized carbons (Fsp3) is 0.304. The van der Waals surface area contributed by atoms with Crippen LogP contribution in [0.4, 0.5) is 10.1 Å². The SMILES string of the molecule is CCc1c(C(=O)N2CCN(c3cccc(C)c3)CC2)cnn1-c1ccc(F)cc1. The van der Waals surface area contributed by atoms with Gasteiger partial charge in [-0.25, -0.2) is 9.07 Å². The zero-order chi connectivity index (χ0) is 20.4. The normalized spacial score (nSPS) is 14.3. The summed E-state index contributed by atoms with van der Waals surface area (Å²) in [4.78, 5) is 17.4.